The lowest BCUT2D eigenvalue weighted by Crippen LogP contribution is -2.32. The molecular weight excluding hydrogens is 260 g/mol. The Kier molecular flexibility index (Phi) is 8.76. The Balaban J connectivity index is 2.55. The molecule has 0 saturated carbocycles. The molecule has 0 aromatic heterocycles. The second kappa shape index (κ2) is 10.4. The zero-order chi connectivity index (χ0) is 15.5. The largest absolute Gasteiger partial charge is 0.330 e. The van der Waals surface area contributed by atoms with Crippen molar-refractivity contribution >= 4 is 11.6 Å². The minimum absolute atomic E-state index is 0.226. The molecule has 0 bridgehead atoms. The van der Waals surface area contributed by atoms with E-state index < -0.39 is 0 Å². The minimum atomic E-state index is 0.226. The van der Waals surface area contributed by atoms with Gasteiger partial charge in [0.1, 0.15) is 0 Å². The molecule has 1 aromatic rings. The second-order valence-electron chi connectivity index (χ2n) is 5.69. The summed E-state index contributed by atoms with van der Waals surface area (Å²) in [5.74, 6) is 0.226. The van der Waals surface area contributed by atoms with Gasteiger partial charge in [-0.2, -0.15) is 0 Å². The average molecular weight is 290 g/mol. The highest BCUT2D eigenvalue weighted by atomic mass is 16.2. The molecule has 0 atom stereocenters. The molecule has 1 aromatic carbocycles. The number of hydrogen-bond acceptors (Lipinski definition) is 2. The number of anilines is 1. The van der Waals surface area contributed by atoms with Crippen LogP contribution in [0.1, 0.15) is 57.4 Å². The molecule has 0 radical (unpaired) electrons. The van der Waals surface area contributed by atoms with Crippen molar-refractivity contribution in [3.05, 3.63) is 29.8 Å². The molecule has 0 unspecified atom stereocenters. The van der Waals surface area contributed by atoms with Crippen LogP contribution in [0.5, 0.6) is 0 Å². The van der Waals surface area contributed by atoms with Crippen molar-refractivity contribution in [2.75, 3.05) is 18.0 Å². The number of carbonyl (C=O) groups is 1. The smallest absolute Gasteiger partial charge is 0.226 e. The van der Waals surface area contributed by atoms with Crippen LogP contribution < -0.4 is 10.6 Å². The van der Waals surface area contributed by atoms with Crippen LogP contribution >= 0.6 is 0 Å². The number of nitrogens with zero attached hydrogens (tertiary/aromatic N) is 1. The number of carbonyl (C=O) groups excluding carboxylic acids is 1. The Bertz CT molecular complexity index is 400. The predicted octanol–water partition coefficient (Wildman–Crippen LogP) is 4.04. The molecule has 21 heavy (non-hydrogen) atoms. The van der Waals surface area contributed by atoms with Crippen LogP contribution in [0.25, 0.3) is 0 Å². The first kappa shape index (κ1) is 17.7. The molecule has 0 aliphatic rings. The van der Waals surface area contributed by atoms with E-state index in [1.165, 1.54) is 24.8 Å². The number of benzene rings is 1. The fourth-order valence-corrected chi connectivity index (χ4v) is 2.39. The lowest BCUT2D eigenvalue weighted by molar-refractivity contribution is -0.118. The lowest BCUT2D eigenvalue weighted by atomic mass is 10.1. The van der Waals surface area contributed by atoms with Gasteiger partial charge in [0.25, 0.3) is 0 Å². The van der Waals surface area contributed by atoms with Crippen LogP contribution in [-0.4, -0.2) is 19.0 Å². The summed E-state index contributed by atoms with van der Waals surface area (Å²) in [5.41, 5.74) is 7.80. The monoisotopic (exact) mass is 290 g/mol. The highest BCUT2D eigenvalue weighted by Crippen LogP contribution is 2.18. The third kappa shape index (κ3) is 6.76. The van der Waals surface area contributed by atoms with Gasteiger partial charge < -0.3 is 10.6 Å². The average Bonchev–Trinajstić information content (AvgIpc) is 2.49. The van der Waals surface area contributed by atoms with Gasteiger partial charge in [0.2, 0.25) is 5.91 Å². The van der Waals surface area contributed by atoms with Gasteiger partial charge >= 0.3 is 0 Å². The van der Waals surface area contributed by atoms with Crippen LogP contribution in [0, 0.1) is 6.92 Å². The fourth-order valence-electron chi connectivity index (χ4n) is 2.39. The number of amides is 1. The maximum absolute atomic E-state index is 12.5. The molecule has 0 heterocycles. The molecule has 118 valence electrons. The SMILES string of the molecule is CCCCCCCC(=O)N(CCCN)c1ccc(C)cc1. The van der Waals surface area contributed by atoms with Gasteiger partial charge in [0.05, 0.1) is 0 Å². The highest BCUT2D eigenvalue weighted by molar-refractivity contribution is 5.93. The quantitative estimate of drug-likeness (QED) is 0.661. The number of rotatable bonds is 10. The van der Waals surface area contributed by atoms with Gasteiger partial charge in [0.15, 0.2) is 0 Å². The molecule has 3 heteroatoms. The van der Waals surface area contributed by atoms with Gasteiger partial charge in [-0.05, 0) is 38.4 Å². The highest BCUT2D eigenvalue weighted by Gasteiger charge is 2.14. The standard InChI is InChI=1S/C18H30N2O/c1-3-4-5-6-7-9-18(21)20(15-8-14-19)17-12-10-16(2)11-13-17/h10-13H,3-9,14-15,19H2,1-2H3. The van der Waals surface area contributed by atoms with Crippen molar-refractivity contribution in [3.63, 3.8) is 0 Å². The second-order valence-corrected chi connectivity index (χ2v) is 5.69. The summed E-state index contributed by atoms with van der Waals surface area (Å²) in [5, 5.41) is 0. The molecular formula is C18H30N2O. The first-order valence-corrected chi connectivity index (χ1v) is 8.26. The number of unbranched alkanes of at least 4 members (excludes halogenated alkanes) is 4. The van der Waals surface area contributed by atoms with Crippen molar-refractivity contribution in [2.45, 2.75) is 58.8 Å². The minimum Gasteiger partial charge on any atom is -0.330 e. The third-order valence-electron chi connectivity index (χ3n) is 3.73. The van der Waals surface area contributed by atoms with Crippen molar-refractivity contribution in [1.82, 2.24) is 0 Å². The Morgan fingerprint density at radius 1 is 1.05 bits per heavy atom. The lowest BCUT2D eigenvalue weighted by Gasteiger charge is -2.23. The van der Waals surface area contributed by atoms with Crippen molar-refractivity contribution in [2.24, 2.45) is 5.73 Å². The summed E-state index contributed by atoms with van der Waals surface area (Å²) in [6.45, 7) is 5.60. The normalized spacial score (nSPS) is 10.6. The van der Waals surface area contributed by atoms with Crippen LogP contribution in [0.2, 0.25) is 0 Å². The Morgan fingerprint density at radius 2 is 1.71 bits per heavy atom. The maximum Gasteiger partial charge on any atom is 0.226 e. The third-order valence-corrected chi connectivity index (χ3v) is 3.73. The molecule has 0 fully saturated rings. The molecule has 2 N–H and O–H groups in total. The molecule has 0 spiro atoms. The van der Waals surface area contributed by atoms with E-state index >= 15 is 0 Å². The van der Waals surface area contributed by atoms with Gasteiger partial charge in [-0.15, -0.1) is 0 Å². The predicted molar refractivity (Wildman–Crippen MR) is 90.6 cm³/mol. The summed E-state index contributed by atoms with van der Waals surface area (Å²) < 4.78 is 0. The molecule has 3 nitrogen and oxygen atoms in total. The summed E-state index contributed by atoms with van der Waals surface area (Å²) in [7, 11) is 0. The molecule has 0 aliphatic carbocycles. The van der Waals surface area contributed by atoms with E-state index in [-0.39, 0.29) is 5.91 Å². The first-order chi connectivity index (χ1) is 10.2. The molecule has 1 amide bonds. The van der Waals surface area contributed by atoms with Crippen LogP contribution in [0.15, 0.2) is 24.3 Å². The summed E-state index contributed by atoms with van der Waals surface area (Å²) in [6.07, 6.45) is 7.36. The fraction of sp³-hybridized carbons (Fsp3) is 0.611. The zero-order valence-corrected chi connectivity index (χ0v) is 13.6. The summed E-state index contributed by atoms with van der Waals surface area (Å²) in [6, 6.07) is 8.17. The summed E-state index contributed by atoms with van der Waals surface area (Å²) >= 11 is 0. The van der Waals surface area contributed by atoms with E-state index in [1.807, 2.05) is 17.0 Å². The molecule has 0 saturated heterocycles. The number of nitrogens with two attached hydrogens (primary N) is 1. The van der Waals surface area contributed by atoms with Gasteiger partial charge in [-0.25, -0.2) is 0 Å². The molecule has 1 rings (SSSR count). The van der Waals surface area contributed by atoms with E-state index in [4.69, 9.17) is 5.73 Å². The Morgan fingerprint density at radius 3 is 2.33 bits per heavy atom. The number of hydrogen-bond donors (Lipinski definition) is 1. The van der Waals surface area contributed by atoms with Gasteiger partial charge in [-0.3, -0.25) is 4.79 Å². The van der Waals surface area contributed by atoms with Crippen molar-refractivity contribution in [1.29, 1.82) is 0 Å². The number of aryl methyl sites for hydroxylation is 1. The van der Waals surface area contributed by atoms with Gasteiger partial charge in [0, 0.05) is 18.7 Å². The van der Waals surface area contributed by atoms with Gasteiger partial charge in [-0.1, -0.05) is 50.3 Å². The van der Waals surface area contributed by atoms with E-state index in [0.29, 0.717) is 19.5 Å². The van der Waals surface area contributed by atoms with E-state index in [1.54, 1.807) is 0 Å². The van der Waals surface area contributed by atoms with E-state index in [0.717, 1.165) is 24.9 Å². The van der Waals surface area contributed by atoms with E-state index in [2.05, 4.69) is 26.0 Å². The molecule has 0 aliphatic heterocycles. The zero-order valence-electron chi connectivity index (χ0n) is 13.6. The topological polar surface area (TPSA) is 46.3 Å². The maximum atomic E-state index is 12.5. The van der Waals surface area contributed by atoms with Crippen molar-refractivity contribution in [3.8, 4) is 0 Å². The van der Waals surface area contributed by atoms with Crippen molar-refractivity contribution < 1.29 is 4.79 Å². The summed E-state index contributed by atoms with van der Waals surface area (Å²) in [4.78, 5) is 14.3. The van der Waals surface area contributed by atoms with Crippen LogP contribution in [0.3, 0.4) is 0 Å². The Hall–Kier alpha value is -1.35. The Labute approximate surface area is 129 Å². The van der Waals surface area contributed by atoms with E-state index in [9.17, 15) is 4.79 Å². The first-order valence-electron chi connectivity index (χ1n) is 8.26. The van der Waals surface area contributed by atoms with Crippen LogP contribution in [0.4, 0.5) is 5.69 Å². The van der Waals surface area contributed by atoms with Crippen LogP contribution in [-0.2, 0) is 4.79 Å².